The Bertz CT molecular complexity index is 738. The molecule has 2 fully saturated rings. The topological polar surface area (TPSA) is 78.9 Å². The molecule has 2 aliphatic rings. The van der Waals surface area contributed by atoms with Crippen LogP contribution in [0, 0.1) is 0 Å². The van der Waals surface area contributed by atoms with Gasteiger partial charge in [0, 0.05) is 25.2 Å². The number of ether oxygens (including phenoxy) is 1. The number of rotatable bonds is 5. The molecule has 2 N–H and O–H groups in total. The van der Waals surface area contributed by atoms with Crippen LogP contribution in [-0.4, -0.2) is 58.6 Å². The van der Waals surface area contributed by atoms with Gasteiger partial charge in [-0.1, -0.05) is 25.0 Å². The van der Waals surface area contributed by atoms with Crippen LogP contribution in [0.3, 0.4) is 0 Å². The highest BCUT2D eigenvalue weighted by Gasteiger charge is 2.58. The van der Waals surface area contributed by atoms with E-state index in [9.17, 15) is 23.5 Å². The van der Waals surface area contributed by atoms with Gasteiger partial charge in [-0.05, 0) is 44.4 Å². The average molecular weight is 410 g/mol. The minimum atomic E-state index is -3.83. The van der Waals surface area contributed by atoms with Crippen molar-refractivity contribution in [1.29, 1.82) is 0 Å². The SMILES string of the molecule is C[C@@H]1CN(C(=O)c2ccc(CNC(=O)C(F)(F)C3(O)CCCC3)cc2)C[C@H](C)O1. The summed E-state index contributed by atoms with van der Waals surface area (Å²) in [6, 6.07) is 6.50. The zero-order valence-corrected chi connectivity index (χ0v) is 16.8. The molecule has 1 aliphatic carbocycles. The normalized spacial score (nSPS) is 24.4. The monoisotopic (exact) mass is 410 g/mol. The number of alkyl halides is 2. The molecular formula is C21H28F2N2O4. The number of carbonyl (C=O) groups excluding carboxylic acids is 2. The molecule has 0 radical (unpaired) electrons. The number of carbonyl (C=O) groups is 2. The Kier molecular flexibility index (Phi) is 6.24. The average Bonchev–Trinajstić information content (AvgIpc) is 3.13. The van der Waals surface area contributed by atoms with Gasteiger partial charge < -0.3 is 20.1 Å². The van der Waals surface area contributed by atoms with Gasteiger partial charge in [0.15, 0.2) is 0 Å². The maximum Gasteiger partial charge on any atom is 0.352 e. The van der Waals surface area contributed by atoms with Crippen LogP contribution in [0.2, 0.25) is 0 Å². The minimum Gasteiger partial charge on any atom is -0.383 e. The number of benzene rings is 1. The number of amides is 2. The fourth-order valence-corrected chi connectivity index (χ4v) is 4.07. The first-order valence-corrected chi connectivity index (χ1v) is 10.0. The summed E-state index contributed by atoms with van der Waals surface area (Å²) in [7, 11) is 0. The van der Waals surface area contributed by atoms with Gasteiger partial charge in [0.25, 0.3) is 11.8 Å². The number of aliphatic hydroxyl groups is 1. The predicted molar refractivity (Wildman–Crippen MR) is 103 cm³/mol. The Balaban J connectivity index is 1.58. The smallest absolute Gasteiger partial charge is 0.352 e. The lowest BCUT2D eigenvalue weighted by molar-refractivity contribution is -0.191. The molecule has 1 aromatic carbocycles. The van der Waals surface area contributed by atoms with E-state index in [-0.39, 0.29) is 37.5 Å². The first kappa shape index (κ1) is 21.6. The lowest BCUT2D eigenvalue weighted by atomic mass is 9.93. The highest BCUT2D eigenvalue weighted by molar-refractivity contribution is 5.94. The van der Waals surface area contributed by atoms with Crippen LogP contribution in [0.4, 0.5) is 8.78 Å². The quantitative estimate of drug-likeness (QED) is 0.782. The highest BCUT2D eigenvalue weighted by atomic mass is 19.3. The number of halogens is 2. The summed E-state index contributed by atoms with van der Waals surface area (Å²) in [6.07, 6.45) is 0.735. The van der Waals surface area contributed by atoms with Crippen LogP contribution in [-0.2, 0) is 16.1 Å². The third kappa shape index (κ3) is 4.59. The molecule has 1 saturated carbocycles. The fraction of sp³-hybridized carbons (Fsp3) is 0.619. The largest absolute Gasteiger partial charge is 0.383 e. The van der Waals surface area contributed by atoms with Crippen molar-refractivity contribution in [1.82, 2.24) is 10.2 Å². The molecule has 2 amide bonds. The van der Waals surface area contributed by atoms with E-state index in [2.05, 4.69) is 5.32 Å². The van der Waals surface area contributed by atoms with Crippen LogP contribution >= 0.6 is 0 Å². The standard InChI is InChI=1S/C21H28F2N2O4/c1-14-12-25(13-15(2)29-14)18(26)17-7-5-16(6-8-17)11-24-19(27)21(22,23)20(28)9-3-4-10-20/h5-8,14-15,28H,3-4,9-13H2,1-2H3,(H,24,27)/t14-,15+. The molecule has 1 aromatic rings. The van der Waals surface area contributed by atoms with Crippen LogP contribution in [0.15, 0.2) is 24.3 Å². The maximum atomic E-state index is 14.3. The van der Waals surface area contributed by atoms with Gasteiger partial charge >= 0.3 is 5.92 Å². The molecule has 0 spiro atoms. The third-order valence-electron chi connectivity index (χ3n) is 5.66. The Morgan fingerprint density at radius 2 is 1.72 bits per heavy atom. The summed E-state index contributed by atoms with van der Waals surface area (Å²) < 4.78 is 34.3. The second kappa shape index (κ2) is 8.36. The van der Waals surface area contributed by atoms with Gasteiger partial charge in [-0.2, -0.15) is 8.78 Å². The maximum absolute atomic E-state index is 14.3. The Morgan fingerprint density at radius 1 is 1.17 bits per heavy atom. The zero-order valence-electron chi connectivity index (χ0n) is 16.8. The summed E-state index contributed by atoms with van der Waals surface area (Å²) in [5.74, 6) is -5.42. The molecule has 1 aliphatic heterocycles. The second-order valence-electron chi connectivity index (χ2n) is 8.16. The van der Waals surface area contributed by atoms with Crippen molar-refractivity contribution >= 4 is 11.8 Å². The summed E-state index contributed by atoms with van der Waals surface area (Å²) in [6.45, 7) is 4.75. The van der Waals surface area contributed by atoms with E-state index in [0.29, 0.717) is 37.1 Å². The van der Waals surface area contributed by atoms with Crippen molar-refractivity contribution in [2.75, 3.05) is 13.1 Å². The molecule has 0 aromatic heterocycles. The molecule has 29 heavy (non-hydrogen) atoms. The van der Waals surface area contributed by atoms with Gasteiger partial charge in [0.2, 0.25) is 0 Å². The van der Waals surface area contributed by atoms with Crippen molar-refractivity contribution in [3.8, 4) is 0 Å². The zero-order chi connectivity index (χ0) is 21.2. The number of nitrogens with zero attached hydrogens (tertiary/aromatic N) is 1. The van der Waals surface area contributed by atoms with E-state index in [1.165, 1.54) is 0 Å². The summed E-state index contributed by atoms with van der Waals surface area (Å²) in [5, 5.41) is 12.3. The van der Waals surface area contributed by atoms with E-state index in [1.807, 2.05) is 13.8 Å². The molecule has 2 atom stereocenters. The van der Waals surface area contributed by atoms with Gasteiger partial charge in [-0.3, -0.25) is 9.59 Å². The first-order valence-electron chi connectivity index (χ1n) is 10.0. The van der Waals surface area contributed by atoms with Gasteiger partial charge in [-0.15, -0.1) is 0 Å². The highest BCUT2D eigenvalue weighted by Crippen LogP contribution is 2.42. The summed E-state index contributed by atoms with van der Waals surface area (Å²) in [4.78, 5) is 26.4. The van der Waals surface area contributed by atoms with E-state index < -0.39 is 17.4 Å². The molecule has 6 nitrogen and oxygen atoms in total. The lowest BCUT2D eigenvalue weighted by Gasteiger charge is -2.35. The Morgan fingerprint density at radius 3 is 2.28 bits per heavy atom. The van der Waals surface area contributed by atoms with Crippen molar-refractivity contribution < 1.29 is 28.2 Å². The first-order chi connectivity index (χ1) is 13.6. The molecule has 1 saturated heterocycles. The number of nitrogens with one attached hydrogen (secondary N) is 1. The van der Waals surface area contributed by atoms with E-state index in [4.69, 9.17) is 4.74 Å². The molecular weight excluding hydrogens is 382 g/mol. The van der Waals surface area contributed by atoms with Crippen LogP contribution in [0.25, 0.3) is 0 Å². The van der Waals surface area contributed by atoms with E-state index in [0.717, 1.165) is 0 Å². The number of morpholine rings is 1. The molecule has 160 valence electrons. The minimum absolute atomic E-state index is 0.0338. The molecule has 1 heterocycles. The lowest BCUT2D eigenvalue weighted by Crippen LogP contribution is -2.55. The van der Waals surface area contributed by atoms with Crippen LogP contribution < -0.4 is 5.32 Å². The van der Waals surface area contributed by atoms with E-state index in [1.54, 1.807) is 29.2 Å². The fourth-order valence-electron chi connectivity index (χ4n) is 4.07. The predicted octanol–water partition coefficient (Wildman–Crippen LogP) is 2.49. The van der Waals surface area contributed by atoms with Crippen molar-refractivity contribution in [3.05, 3.63) is 35.4 Å². The van der Waals surface area contributed by atoms with Crippen molar-refractivity contribution in [3.63, 3.8) is 0 Å². The molecule has 3 rings (SSSR count). The van der Waals surface area contributed by atoms with E-state index >= 15 is 0 Å². The van der Waals surface area contributed by atoms with Crippen LogP contribution in [0.1, 0.15) is 55.5 Å². The van der Waals surface area contributed by atoms with Crippen molar-refractivity contribution in [2.24, 2.45) is 0 Å². The third-order valence-corrected chi connectivity index (χ3v) is 5.66. The Labute approximate surface area is 169 Å². The van der Waals surface area contributed by atoms with Crippen molar-refractivity contribution in [2.45, 2.75) is 69.8 Å². The summed E-state index contributed by atoms with van der Waals surface area (Å²) in [5.41, 5.74) is -1.18. The second-order valence-corrected chi connectivity index (χ2v) is 8.16. The van der Waals surface area contributed by atoms with Gasteiger partial charge in [0.05, 0.1) is 12.2 Å². The van der Waals surface area contributed by atoms with Gasteiger partial charge in [-0.25, -0.2) is 0 Å². The van der Waals surface area contributed by atoms with Crippen LogP contribution in [0.5, 0.6) is 0 Å². The summed E-state index contributed by atoms with van der Waals surface area (Å²) >= 11 is 0. The number of hydrogen-bond donors (Lipinski definition) is 2. The molecule has 0 unspecified atom stereocenters. The molecule has 8 heteroatoms. The number of hydrogen-bond acceptors (Lipinski definition) is 4. The Hall–Kier alpha value is -2.06. The molecule has 0 bridgehead atoms. The van der Waals surface area contributed by atoms with Gasteiger partial charge in [0.1, 0.15) is 5.60 Å².